The van der Waals surface area contributed by atoms with E-state index in [0.717, 1.165) is 5.06 Å². The maximum Gasteiger partial charge on any atom is 0.269 e. The highest BCUT2D eigenvalue weighted by molar-refractivity contribution is 5.86. The van der Waals surface area contributed by atoms with E-state index in [-0.39, 0.29) is 12.5 Å². The molecule has 0 saturated carbocycles. The zero-order valence-electron chi connectivity index (χ0n) is 6.70. The summed E-state index contributed by atoms with van der Waals surface area (Å²) in [7, 11) is 1.51. The number of rotatable bonds is 3. The first-order valence-corrected chi connectivity index (χ1v) is 3.19. The fraction of sp³-hybridized carbons (Fsp3) is 0.375. The molecule has 3 nitrogen and oxygen atoms in total. The molecule has 0 bridgehead atoms. The Kier molecular flexibility index (Phi) is 4.87. The summed E-state index contributed by atoms with van der Waals surface area (Å²) in [5.41, 5.74) is 0. The summed E-state index contributed by atoms with van der Waals surface area (Å²) in [6, 6.07) is 0. The van der Waals surface area contributed by atoms with Crippen LogP contribution in [0.2, 0.25) is 0 Å². The van der Waals surface area contributed by atoms with Crippen molar-refractivity contribution >= 4 is 5.91 Å². The minimum atomic E-state index is -0.220. The van der Waals surface area contributed by atoms with Crippen molar-refractivity contribution in [2.75, 3.05) is 13.7 Å². The minimum Gasteiger partial charge on any atom is -0.267 e. The Hall–Kier alpha value is -1.27. The number of allylic oxidation sites excluding steroid dienone is 1. The van der Waals surface area contributed by atoms with E-state index in [4.69, 9.17) is 11.3 Å². The highest BCUT2D eigenvalue weighted by Crippen LogP contribution is 1.87. The number of hydroxylamine groups is 2. The Morgan fingerprint density at radius 1 is 1.82 bits per heavy atom. The third-order valence-electron chi connectivity index (χ3n) is 0.961. The smallest absolute Gasteiger partial charge is 0.267 e. The number of amides is 1. The van der Waals surface area contributed by atoms with Crippen LogP contribution in [0.4, 0.5) is 0 Å². The first kappa shape index (κ1) is 9.73. The topological polar surface area (TPSA) is 29.5 Å². The van der Waals surface area contributed by atoms with Gasteiger partial charge in [-0.25, -0.2) is 5.06 Å². The molecule has 0 rings (SSSR count). The molecule has 60 valence electrons. The van der Waals surface area contributed by atoms with Crippen molar-refractivity contribution in [3.63, 3.8) is 0 Å². The van der Waals surface area contributed by atoms with E-state index in [0.29, 0.717) is 0 Å². The largest absolute Gasteiger partial charge is 0.269 e. The highest BCUT2D eigenvalue weighted by atomic mass is 16.7. The number of carbonyl (C=O) groups excluding carboxylic acids is 1. The van der Waals surface area contributed by atoms with Crippen LogP contribution in [0.25, 0.3) is 0 Å². The van der Waals surface area contributed by atoms with Gasteiger partial charge in [-0.1, -0.05) is 12.0 Å². The molecule has 1 amide bonds. The van der Waals surface area contributed by atoms with Crippen molar-refractivity contribution in [1.82, 2.24) is 5.06 Å². The Balaban J connectivity index is 3.75. The zero-order valence-corrected chi connectivity index (χ0v) is 6.70. The highest BCUT2D eigenvalue weighted by Gasteiger charge is 2.02. The summed E-state index contributed by atoms with van der Waals surface area (Å²) < 4.78 is 0. The molecule has 0 saturated heterocycles. The van der Waals surface area contributed by atoms with E-state index in [9.17, 15) is 4.79 Å². The molecule has 0 aromatic rings. The van der Waals surface area contributed by atoms with E-state index < -0.39 is 0 Å². The molecule has 0 heterocycles. The van der Waals surface area contributed by atoms with Gasteiger partial charge in [-0.15, -0.1) is 6.42 Å². The van der Waals surface area contributed by atoms with E-state index >= 15 is 0 Å². The molecular formula is C8H11NO2. The number of hydrogen-bond donors (Lipinski definition) is 0. The molecule has 0 atom stereocenters. The van der Waals surface area contributed by atoms with Crippen LogP contribution in [0, 0.1) is 12.3 Å². The van der Waals surface area contributed by atoms with Crippen molar-refractivity contribution in [2.45, 2.75) is 6.92 Å². The molecule has 0 aromatic heterocycles. The summed E-state index contributed by atoms with van der Waals surface area (Å²) in [6.07, 6.45) is 7.96. The van der Waals surface area contributed by atoms with Gasteiger partial charge in [0, 0.05) is 13.1 Å². The number of likely N-dealkylation sites (N-methyl/N-ethyl adjacent to an activating group) is 1. The van der Waals surface area contributed by atoms with E-state index in [2.05, 4.69) is 5.92 Å². The van der Waals surface area contributed by atoms with Crippen molar-refractivity contribution in [3.05, 3.63) is 12.2 Å². The SMILES string of the molecule is C#CCON(C)C(=O)C=CC. The number of hydrogen-bond acceptors (Lipinski definition) is 2. The Morgan fingerprint density at radius 3 is 2.91 bits per heavy atom. The molecule has 0 aliphatic rings. The molecule has 0 aliphatic carbocycles. The quantitative estimate of drug-likeness (QED) is 0.337. The normalized spacial score (nSPS) is 9.55. The molecule has 0 fully saturated rings. The first-order chi connectivity index (χ1) is 5.22. The second-order valence-corrected chi connectivity index (χ2v) is 1.81. The lowest BCUT2D eigenvalue weighted by molar-refractivity contribution is -0.167. The van der Waals surface area contributed by atoms with Gasteiger partial charge in [0.15, 0.2) is 0 Å². The van der Waals surface area contributed by atoms with Crippen LogP contribution in [-0.4, -0.2) is 24.6 Å². The standard InChI is InChI=1S/C8H11NO2/c1-4-6-8(10)9(3)11-7-5-2/h2,4,6H,7H2,1,3H3. The van der Waals surface area contributed by atoms with Gasteiger partial charge in [-0.05, 0) is 6.92 Å². The van der Waals surface area contributed by atoms with Crippen LogP contribution >= 0.6 is 0 Å². The number of nitrogens with zero attached hydrogens (tertiary/aromatic N) is 1. The molecule has 0 spiro atoms. The maximum atomic E-state index is 10.9. The van der Waals surface area contributed by atoms with Crippen molar-refractivity contribution < 1.29 is 9.63 Å². The van der Waals surface area contributed by atoms with Gasteiger partial charge in [0.2, 0.25) is 0 Å². The minimum absolute atomic E-state index is 0.111. The van der Waals surface area contributed by atoms with Crippen molar-refractivity contribution in [3.8, 4) is 12.3 Å². The molecule has 0 unspecified atom stereocenters. The molecule has 0 N–H and O–H groups in total. The predicted molar refractivity (Wildman–Crippen MR) is 42.4 cm³/mol. The van der Waals surface area contributed by atoms with Crippen molar-refractivity contribution in [2.24, 2.45) is 0 Å². The third kappa shape index (κ3) is 4.18. The molecule has 0 radical (unpaired) electrons. The Bertz CT molecular complexity index is 191. The lowest BCUT2D eigenvalue weighted by Gasteiger charge is -2.11. The first-order valence-electron chi connectivity index (χ1n) is 3.19. The summed E-state index contributed by atoms with van der Waals surface area (Å²) in [5.74, 6) is 2.04. The molecule has 0 aromatic carbocycles. The van der Waals surface area contributed by atoms with Crippen LogP contribution in [0.1, 0.15) is 6.92 Å². The maximum absolute atomic E-state index is 10.9. The van der Waals surface area contributed by atoms with Gasteiger partial charge >= 0.3 is 0 Å². The van der Waals surface area contributed by atoms with Gasteiger partial charge < -0.3 is 0 Å². The van der Waals surface area contributed by atoms with Crippen molar-refractivity contribution in [1.29, 1.82) is 0 Å². The lowest BCUT2D eigenvalue weighted by atomic mass is 10.5. The summed E-state index contributed by atoms with van der Waals surface area (Å²) in [5, 5.41) is 1.10. The fourth-order valence-electron chi connectivity index (χ4n) is 0.445. The predicted octanol–water partition coefficient (Wildman–Crippen LogP) is 0.586. The Labute approximate surface area is 66.6 Å². The average molecular weight is 153 g/mol. The summed E-state index contributed by atoms with van der Waals surface area (Å²) in [4.78, 5) is 15.7. The molecule has 3 heteroatoms. The zero-order chi connectivity index (χ0) is 8.69. The second-order valence-electron chi connectivity index (χ2n) is 1.81. The Morgan fingerprint density at radius 2 is 2.45 bits per heavy atom. The third-order valence-corrected chi connectivity index (χ3v) is 0.961. The lowest BCUT2D eigenvalue weighted by Crippen LogP contribution is -2.25. The number of carbonyl (C=O) groups is 1. The fourth-order valence-corrected chi connectivity index (χ4v) is 0.445. The van der Waals surface area contributed by atoms with Crippen LogP contribution in [0.3, 0.4) is 0 Å². The molecular weight excluding hydrogens is 142 g/mol. The van der Waals surface area contributed by atoms with Crippen LogP contribution in [0.15, 0.2) is 12.2 Å². The van der Waals surface area contributed by atoms with Crippen LogP contribution in [-0.2, 0) is 9.63 Å². The van der Waals surface area contributed by atoms with Crippen LogP contribution < -0.4 is 0 Å². The van der Waals surface area contributed by atoms with Gasteiger partial charge in [0.05, 0.1) is 0 Å². The van der Waals surface area contributed by atoms with Gasteiger partial charge in [-0.3, -0.25) is 9.63 Å². The molecule has 0 aliphatic heterocycles. The van der Waals surface area contributed by atoms with Gasteiger partial charge in [0.1, 0.15) is 6.61 Å². The average Bonchev–Trinajstić information content (AvgIpc) is 2.00. The summed E-state index contributed by atoms with van der Waals surface area (Å²) in [6.45, 7) is 1.87. The van der Waals surface area contributed by atoms with E-state index in [1.54, 1.807) is 13.0 Å². The van der Waals surface area contributed by atoms with Gasteiger partial charge in [-0.2, -0.15) is 0 Å². The van der Waals surface area contributed by atoms with Gasteiger partial charge in [0.25, 0.3) is 5.91 Å². The van der Waals surface area contributed by atoms with E-state index in [1.807, 2.05) is 0 Å². The van der Waals surface area contributed by atoms with Crippen LogP contribution in [0.5, 0.6) is 0 Å². The second kappa shape index (κ2) is 5.51. The molecule has 11 heavy (non-hydrogen) atoms. The number of terminal acetylenes is 1. The van der Waals surface area contributed by atoms with E-state index in [1.165, 1.54) is 13.1 Å². The monoisotopic (exact) mass is 153 g/mol. The summed E-state index contributed by atoms with van der Waals surface area (Å²) >= 11 is 0.